The van der Waals surface area contributed by atoms with Gasteiger partial charge in [-0.1, -0.05) is 35.9 Å². The zero-order valence-electron chi connectivity index (χ0n) is 17.8. The van der Waals surface area contributed by atoms with Gasteiger partial charge in [-0.25, -0.2) is 4.98 Å². The van der Waals surface area contributed by atoms with Crippen molar-refractivity contribution in [3.63, 3.8) is 0 Å². The zero-order valence-corrected chi connectivity index (χ0v) is 18.6. The van der Waals surface area contributed by atoms with Gasteiger partial charge in [0.15, 0.2) is 0 Å². The van der Waals surface area contributed by atoms with Gasteiger partial charge in [0.05, 0.1) is 18.3 Å². The lowest BCUT2D eigenvalue weighted by Crippen LogP contribution is -2.21. The van der Waals surface area contributed by atoms with E-state index in [9.17, 15) is 4.79 Å². The molecule has 0 atom stereocenters. The van der Waals surface area contributed by atoms with Crippen molar-refractivity contribution < 1.29 is 4.74 Å². The van der Waals surface area contributed by atoms with Crippen LogP contribution in [0.25, 0.3) is 21.3 Å². The van der Waals surface area contributed by atoms with Crippen LogP contribution in [0.4, 0.5) is 0 Å². The minimum absolute atomic E-state index is 0.0364. The average Bonchev–Trinajstić information content (AvgIpc) is 3.24. The van der Waals surface area contributed by atoms with Gasteiger partial charge in [0.25, 0.3) is 5.56 Å². The Labute approximate surface area is 186 Å². The first-order valence-corrected chi connectivity index (χ1v) is 11.9. The first-order chi connectivity index (χ1) is 15.2. The predicted octanol–water partition coefficient (Wildman–Crippen LogP) is 5.78. The van der Waals surface area contributed by atoms with Crippen molar-refractivity contribution in [2.45, 2.75) is 45.6 Å². The summed E-state index contributed by atoms with van der Waals surface area (Å²) in [6.07, 6.45) is 7.24. The monoisotopic (exact) mass is 430 g/mol. The number of aromatic nitrogens is 2. The minimum atomic E-state index is 0.0364. The van der Waals surface area contributed by atoms with Crippen molar-refractivity contribution in [1.82, 2.24) is 9.55 Å². The summed E-state index contributed by atoms with van der Waals surface area (Å²) in [5.74, 6) is 0.860. The summed E-state index contributed by atoms with van der Waals surface area (Å²) in [6.45, 7) is 3.21. The number of fused-ring (bicyclic) bond motifs is 2. The molecule has 0 aliphatic heterocycles. The zero-order chi connectivity index (χ0) is 21.2. The lowest BCUT2D eigenvalue weighted by atomic mass is 9.89. The van der Waals surface area contributed by atoms with Gasteiger partial charge in [-0.15, -0.1) is 11.3 Å². The largest absolute Gasteiger partial charge is 0.494 e. The quantitative estimate of drug-likeness (QED) is 0.364. The summed E-state index contributed by atoms with van der Waals surface area (Å²) in [6, 6.07) is 14.7. The molecule has 0 N–H and O–H groups in total. The molecule has 0 radical (unpaired) electrons. The highest BCUT2D eigenvalue weighted by molar-refractivity contribution is 7.17. The molecular weight excluding hydrogens is 404 g/mol. The Kier molecular flexibility index (Phi) is 5.60. The SMILES string of the molecule is Cc1ccc(OCCCn2cnc3scc(-c4ccc5c(c4)CCCC5)c3c2=O)cc1. The second-order valence-corrected chi connectivity index (χ2v) is 9.14. The van der Waals surface area contributed by atoms with Crippen LogP contribution in [0.1, 0.15) is 36.0 Å². The van der Waals surface area contributed by atoms with Crippen LogP contribution in [-0.4, -0.2) is 16.2 Å². The van der Waals surface area contributed by atoms with Crippen molar-refractivity contribution in [3.8, 4) is 16.9 Å². The second kappa shape index (κ2) is 8.67. The molecule has 31 heavy (non-hydrogen) atoms. The van der Waals surface area contributed by atoms with E-state index in [1.165, 1.54) is 36.0 Å². The van der Waals surface area contributed by atoms with E-state index in [2.05, 4.69) is 35.5 Å². The molecule has 158 valence electrons. The van der Waals surface area contributed by atoms with Crippen molar-refractivity contribution in [3.05, 3.63) is 81.2 Å². The molecule has 4 nitrogen and oxygen atoms in total. The number of aryl methyl sites for hydroxylation is 4. The summed E-state index contributed by atoms with van der Waals surface area (Å²) >= 11 is 1.55. The Bertz CT molecular complexity index is 1270. The third-order valence-electron chi connectivity index (χ3n) is 6.05. The maximum Gasteiger partial charge on any atom is 0.262 e. The molecule has 0 fully saturated rings. The van der Waals surface area contributed by atoms with Crippen molar-refractivity contribution in [2.24, 2.45) is 0 Å². The number of thiophene rings is 1. The molecule has 0 unspecified atom stereocenters. The molecule has 5 rings (SSSR count). The molecule has 2 aromatic heterocycles. The van der Waals surface area contributed by atoms with Crippen LogP contribution in [0.5, 0.6) is 5.75 Å². The maximum absolute atomic E-state index is 13.3. The van der Waals surface area contributed by atoms with Crippen molar-refractivity contribution in [2.75, 3.05) is 6.61 Å². The average molecular weight is 431 g/mol. The highest BCUT2D eigenvalue weighted by Crippen LogP contribution is 2.33. The first kappa shape index (κ1) is 20.0. The third-order valence-corrected chi connectivity index (χ3v) is 6.94. The Balaban J connectivity index is 1.35. The summed E-state index contributed by atoms with van der Waals surface area (Å²) in [4.78, 5) is 18.6. The molecule has 1 aliphatic rings. The Morgan fingerprint density at radius 1 is 1.06 bits per heavy atom. The van der Waals surface area contributed by atoms with Crippen LogP contribution in [-0.2, 0) is 19.4 Å². The minimum Gasteiger partial charge on any atom is -0.494 e. The van der Waals surface area contributed by atoms with Gasteiger partial charge in [0.2, 0.25) is 0 Å². The second-order valence-electron chi connectivity index (χ2n) is 8.28. The van der Waals surface area contributed by atoms with E-state index in [1.54, 1.807) is 22.2 Å². The lowest BCUT2D eigenvalue weighted by molar-refractivity contribution is 0.301. The van der Waals surface area contributed by atoms with E-state index in [1.807, 2.05) is 24.3 Å². The lowest BCUT2D eigenvalue weighted by Gasteiger charge is -2.16. The van der Waals surface area contributed by atoms with Gasteiger partial charge < -0.3 is 4.74 Å². The number of hydrogen-bond acceptors (Lipinski definition) is 4. The Hall–Kier alpha value is -2.92. The van der Waals surface area contributed by atoms with Gasteiger partial charge >= 0.3 is 0 Å². The first-order valence-electron chi connectivity index (χ1n) is 11.0. The number of ether oxygens (including phenoxy) is 1. The summed E-state index contributed by atoms with van der Waals surface area (Å²) in [5, 5.41) is 2.82. The predicted molar refractivity (Wildman–Crippen MR) is 127 cm³/mol. The Morgan fingerprint density at radius 2 is 1.87 bits per heavy atom. The molecule has 2 heterocycles. The fraction of sp³-hybridized carbons (Fsp3) is 0.308. The molecular formula is C26H26N2O2S. The normalized spacial score (nSPS) is 13.3. The van der Waals surface area contributed by atoms with Crippen LogP contribution in [0.3, 0.4) is 0 Å². The molecule has 0 spiro atoms. The van der Waals surface area contributed by atoms with E-state index in [0.717, 1.165) is 39.9 Å². The molecule has 1 aliphatic carbocycles. The van der Waals surface area contributed by atoms with E-state index in [-0.39, 0.29) is 5.56 Å². The topological polar surface area (TPSA) is 44.1 Å². The van der Waals surface area contributed by atoms with Crippen molar-refractivity contribution in [1.29, 1.82) is 0 Å². The van der Waals surface area contributed by atoms with Gasteiger partial charge in [-0.2, -0.15) is 0 Å². The molecule has 2 aromatic carbocycles. The number of benzene rings is 2. The van der Waals surface area contributed by atoms with Gasteiger partial charge in [-0.3, -0.25) is 9.36 Å². The highest BCUT2D eigenvalue weighted by atomic mass is 32.1. The molecule has 0 bridgehead atoms. The van der Waals surface area contributed by atoms with Gasteiger partial charge in [-0.05, 0) is 67.9 Å². The van der Waals surface area contributed by atoms with Crippen LogP contribution < -0.4 is 10.3 Å². The van der Waals surface area contributed by atoms with Crippen LogP contribution >= 0.6 is 11.3 Å². The van der Waals surface area contributed by atoms with E-state index < -0.39 is 0 Å². The molecule has 4 aromatic rings. The van der Waals surface area contributed by atoms with E-state index in [4.69, 9.17) is 4.74 Å². The van der Waals surface area contributed by atoms with Gasteiger partial charge in [0.1, 0.15) is 10.6 Å². The summed E-state index contributed by atoms with van der Waals surface area (Å²) in [5.41, 5.74) is 6.28. The number of hydrogen-bond donors (Lipinski definition) is 0. The number of nitrogens with zero attached hydrogens (tertiary/aromatic N) is 2. The van der Waals surface area contributed by atoms with E-state index in [0.29, 0.717) is 13.2 Å². The highest BCUT2D eigenvalue weighted by Gasteiger charge is 2.16. The standard InChI is InChI=1S/C26H26N2O2S/c1-18-7-11-22(12-8-18)30-14-4-13-28-17-27-25-24(26(28)29)23(16-31-25)21-10-9-19-5-2-3-6-20(19)15-21/h7-12,15-17H,2-6,13-14H2,1H3. The van der Waals surface area contributed by atoms with Crippen LogP contribution in [0.2, 0.25) is 0 Å². The summed E-state index contributed by atoms with van der Waals surface area (Å²) in [7, 11) is 0. The van der Waals surface area contributed by atoms with Gasteiger partial charge in [0, 0.05) is 17.5 Å². The smallest absolute Gasteiger partial charge is 0.262 e. The molecule has 0 saturated carbocycles. The fourth-order valence-corrected chi connectivity index (χ4v) is 5.21. The van der Waals surface area contributed by atoms with E-state index >= 15 is 0 Å². The third kappa shape index (κ3) is 4.15. The molecule has 0 amide bonds. The number of rotatable bonds is 6. The Morgan fingerprint density at radius 3 is 2.71 bits per heavy atom. The summed E-state index contributed by atoms with van der Waals surface area (Å²) < 4.78 is 7.52. The fourth-order valence-electron chi connectivity index (χ4n) is 4.30. The van der Waals surface area contributed by atoms with Crippen molar-refractivity contribution >= 4 is 21.6 Å². The van der Waals surface area contributed by atoms with Crippen LogP contribution in [0.15, 0.2) is 59.0 Å². The maximum atomic E-state index is 13.3. The molecule has 5 heteroatoms. The molecule has 0 saturated heterocycles. The van der Waals surface area contributed by atoms with Crippen LogP contribution in [0, 0.1) is 6.92 Å².